The fraction of sp³-hybridized carbons (Fsp3) is 0.200. The van der Waals surface area contributed by atoms with Gasteiger partial charge in [0.2, 0.25) is 0 Å². The summed E-state index contributed by atoms with van der Waals surface area (Å²) in [7, 11) is 0. The molecule has 2 aromatic rings. The first-order valence-electron chi connectivity index (χ1n) is 6.00. The fourth-order valence-corrected chi connectivity index (χ4v) is 1.72. The Hall–Kier alpha value is -1.94. The van der Waals surface area contributed by atoms with Crippen molar-refractivity contribution in [2.75, 3.05) is 0 Å². The Balaban J connectivity index is 2.15. The molecule has 0 spiro atoms. The number of hydrogen-bond acceptors (Lipinski definition) is 2. The van der Waals surface area contributed by atoms with Gasteiger partial charge in [0.25, 0.3) is 0 Å². The standard InChI is InChI=1S/C15H14F2O2/c1-2-15(18)10-3-5-13(6-4-10)19-14-8-11(16)7-12(17)9-14/h3-9,15,18H,2H2,1H3/t15-/m0/s1. The van der Waals surface area contributed by atoms with Gasteiger partial charge >= 0.3 is 0 Å². The zero-order valence-corrected chi connectivity index (χ0v) is 10.4. The zero-order chi connectivity index (χ0) is 13.8. The van der Waals surface area contributed by atoms with Gasteiger partial charge in [-0.1, -0.05) is 19.1 Å². The minimum Gasteiger partial charge on any atom is -0.457 e. The maximum atomic E-state index is 13.0. The highest BCUT2D eigenvalue weighted by atomic mass is 19.1. The first-order valence-corrected chi connectivity index (χ1v) is 6.00. The third-order valence-corrected chi connectivity index (χ3v) is 2.72. The van der Waals surface area contributed by atoms with Gasteiger partial charge in [-0.2, -0.15) is 0 Å². The van der Waals surface area contributed by atoms with E-state index in [4.69, 9.17) is 4.74 Å². The number of halogens is 2. The Kier molecular flexibility index (Phi) is 4.12. The summed E-state index contributed by atoms with van der Waals surface area (Å²) < 4.78 is 31.3. The Morgan fingerprint density at radius 2 is 1.58 bits per heavy atom. The number of aliphatic hydroxyl groups excluding tert-OH is 1. The van der Waals surface area contributed by atoms with E-state index in [9.17, 15) is 13.9 Å². The van der Waals surface area contributed by atoms with Crippen molar-refractivity contribution in [3.63, 3.8) is 0 Å². The van der Waals surface area contributed by atoms with E-state index in [2.05, 4.69) is 0 Å². The molecule has 0 aliphatic heterocycles. The summed E-state index contributed by atoms with van der Waals surface area (Å²) in [5, 5.41) is 9.64. The van der Waals surface area contributed by atoms with Gasteiger partial charge in [-0.15, -0.1) is 0 Å². The lowest BCUT2D eigenvalue weighted by Crippen LogP contribution is -1.94. The van der Waals surface area contributed by atoms with Gasteiger partial charge < -0.3 is 9.84 Å². The van der Waals surface area contributed by atoms with Crippen molar-refractivity contribution >= 4 is 0 Å². The molecular weight excluding hydrogens is 250 g/mol. The van der Waals surface area contributed by atoms with Crippen LogP contribution < -0.4 is 4.74 Å². The summed E-state index contributed by atoms with van der Waals surface area (Å²) in [6.07, 6.45) is 0.107. The summed E-state index contributed by atoms with van der Waals surface area (Å²) in [5.74, 6) is -0.820. The van der Waals surface area contributed by atoms with E-state index in [0.717, 1.165) is 23.8 Å². The van der Waals surface area contributed by atoms with Crippen LogP contribution in [0.15, 0.2) is 42.5 Å². The van der Waals surface area contributed by atoms with Crippen molar-refractivity contribution in [3.05, 3.63) is 59.7 Å². The molecule has 0 amide bonds. The Labute approximate surface area is 110 Å². The van der Waals surface area contributed by atoms with Crippen LogP contribution in [0.4, 0.5) is 8.78 Å². The van der Waals surface area contributed by atoms with E-state index in [-0.39, 0.29) is 5.75 Å². The van der Waals surface area contributed by atoms with Crippen LogP contribution in [0.2, 0.25) is 0 Å². The molecule has 0 aromatic heterocycles. The molecule has 0 saturated carbocycles. The molecule has 1 N–H and O–H groups in total. The lowest BCUT2D eigenvalue weighted by Gasteiger charge is -2.10. The highest BCUT2D eigenvalue weighted by Gasteiger charge is 2.06. The van der Waals surface area contributed by atoms with E-state index >= 15 is 0 Å². The van der Waals surface area contributed by atoms with Gasteiger partial charge in [0.15, 0.2) is 0 Å². The van der Waals surface area contributed by atoms with E-state index in [1.54, 1.807) is 24.3 Å². The van der Waals surface area contributed by atoms with Crippen LogP contribution in [-0.4, -0.2) is 5.11 Å². The average molecular weight is 264 g/mol. The van der Waals surface area contributed by atoms with E-state index in [1.165, 1.54) is 0 Å². The van der Waals surface area contributed by atoms with E-state index < -0.39 is 17.7 Å². The SMILES string of the molecule is CC[C@H](O)c1ccc(Oc2cc(F)cc(F)c2)cc1. The molecular formula is C15H14F2O2. The van der Waals surface area contributed by atoms with Gasteiger partial charge in [-0.05, 0) is 24.1 Å². The summed E-state index contributed by atoms with van der Waals surface area (Å²) in [4.78, 5) is 0. The highest BCUT2D eigenvalue weighted by molar-refractivity contribution is 5.34. The zero-order valence-electron chi connectivity index (χ0n) is 10.4. The number of ether oxygens (including phenoxy) is 1. The Bertz CT molecular complexity index is 532. The molecule has 4 heteroatoms. The lowest BCUT2D eigenvalue weighted by molar-refractivity contribution is 0.173. The molecule has 0 aliphatic rings. The largest absolute Gasteiger partial charge is 0.457 e. The van der Waals surface area contributed by atoms with Crippen LogP contribution >= 0.6 is 0 Å². The van der Waals surface area contributed by atoms with E-state index in [0.29, 0.717) is 12.2 Å². The van der Waals surface area contributed by atoms with Crippen LogP contribution in [-0.2, 0) is 0 Å². The summed E-state index contributed by atoms with van der Waals surface area (Å²) in [5.41, 5.74) is 0.778. The molecule has 0 saturated heterocycles. The maximum Gasteiger partial charge on any atom is 0.133 e. The Morgan fingerprint density at radius 3 is 2.11 bits per heavy atom. The molecule has 0 fully saturated rings. The minimum absolute atomic E-state index is 0.0984. The van der Waals surface area contributed by atoms with Gasteiger partial charge in [0.05, 0.1) is 6.10 Å². The highest BCUT2D eigenvalue weighted by Crippen LogP contribution is 2.25. The summed E-state index contributed by atoms with van der Waals surface area (Å²) in [6.45, 7) is 1.88. The molecule has 0 unspecified atom stereocenters. The number of aliphatic hydroxyl groups is 1. The second-order valence-corrected chi connectivity index (χ2v) is 4.20. The second-order valence-electron chi connectivity index (χ2n) is 4.20. The van der Waals surface area contributed by atoms with Crippen LogP contribution in [0.1, 0.15) is 25.0 Å². The van der Waals surface area contributed by atoms with Gasteiger partial charge in [-0.25, -0.2) is 8.78 Å². The average Bonchev–Trinajstić information content (AvgIpc) is 2.37. The predicted octanol–water partition coefficient (Wildman–Crippen LogP) is 4.20. The summed E-state index contributed by atoms with van der Waals surface area (Å²) in [6, 6.07) is 9.75. The topological polar surface area (TPSA) is 29.5 Å². The third kappa shape index (κ3) is 3.51. The first-order chi connectivity index (χ1) is 9.08. The maximum absolute atomic E-state index is 13.0. The molecule has 2 nitrogen and oxygen atoms in total. The number of hydrogen-bond donors (Lipinski definition) is 1. The number of benzene rings is 2. The normalized spacial score (nSPS) is 12.2. The second kappa shape index (κ2) is 5.80. The van der Waals surface area contributed by atoms with Crippen molar-refractivity contribution in [2.45, 2.75) is 19.4 Å². The monoisotopic (exact) mass is 264 g/mol. The van der Waals surface area contributed by atoms with Gasteiger partial charge in [0.1, 0.15) is 23.1 Å². The molecule has 19 heavy (non-hydrogen) atoms. The number of rotatable bonds is 4. The fourth-order valence-electron chi connectivity index (χ4n) is 1.72. The first kappa shape index (κ1) is 13.5. The molecule has 0 aliphatic carbocycles. The van der Waals surface area contributed by atoms with Crippen molar-refractivity contribution in [3.8, 4) is 11.5 Å². The van der Waals surface area contributed by atoms with Crippen LogP contribution in [0, 0.1) is 11.6 Å². The molecule has 100 valence electrons. The van der Waals surface area contributed by atoms with Gasteiger partial charge in [0, 0.05) is 18.2 Å². The van der Waals surface area contributed by atoms with Crippen LogP contribution in [0.5, 0.6) is 11.5 Å². The molecule has 0 bridgehead atoms. The smallest absolute Gasteiger partial charge is 0.133 e. The van der Waals surface area contributed by atoms with Crippen molar-refractivity contribution in [1.29, 1.82) is 0 Å². The molecule has 1 atom stereocenters. The van der Waals surface area contributed by atoms with Crippen molar-refractivity contribution < 1.29 is 18.6 Å². The Morgan fingerprint density at radius 1 is 1.00 bits per heavy atom. The lowest BCUT2D eigenvalue weighted by atomic mass is 10.1. The molecule has 0 heterocycles. The predicted molar refractivity (Wildman–Crippen MR) is 68.1 cm³/mol. The molecule has 0 radical (unpaired) electrons. The van der Waals surface area contributed by atoms with E-state index in [1.807, 2.05) is 6.92 Å². The van der Waals surface area contributed by atoms with Crippen LogP contribution in [0.25, 0.3) is 0 Å². The summed E-state index contributed by atoms with van der Waals surface area (Å²) >= 11 is 0. The third-order valence-electron chi connectivity index (χ3n) is 2.72. The quantitative estimate of drug-likeness (QED) is 0.896. The molecule has 2 rings (SSSR count). The van der Waals surface area contributed by atoms with Crippen molar-refractivity contribution in [2.24, 2.45) is 0 Å². The van der Waals surface area contributed by atoms with Crippen molar-refractivity contribution in [1.82, 2.24) is 0 Å². The van der Waals surface area contributed by atoms with Crippen LogP contribution in [0.3, 0.4) is 0 Å². The minimum atomic E-state index is -0.687. The molecule has 2 aromatic carbocycles. The van der Waals surface area contributed by atoms with Gasteiger partial charge in [-0.3, -0.25) is 0 Å².